The first-order valence-electron chi connectivity index (χ1n) is 4.15. The van der Waals surface area contributed by atoms with Gasteiger partial charge in [-0.1, -0.05) is 31.9 Å². The Kier molecular flexibility index (Phi) is 4.13. The van der Waals surface area contributed by atoms with E-state index in [-0.39, 0.29) is 5.91 Å². The second-order valence-electron chi connectivity index (χ2n) is 3.15. The first kappa shape index (κ1) is 11.7. The van der Waals surface area contributed by atoms with Gasteiger partial charge in [0, 0.05) is 29.5 Å². The monoisotopic (exact) mass is 319 g/mol. The molecular formula is C10H11Br2NO. The highest BCUT2D eigenvalue weighted by Gasteiger charge is 2.04. The van der Waals surface area contributed by atoms with Gasteiger partial charge in [0.1, 0.15) is 0 Å². The van der Waals surface area contributed by atoms with Crippen molar-refractivity contribution in [2.45, 2.75) is 13.5 Å². The Bertz CT molecular complexity index is 332. The molecule has 0 saturated carbocycles. The van der Waals surface area contributed by atoms with Gasteiger partial charge >= 0.3 is 0 Å². The van der Waals surface area contributed by atoms with Crippen LogP contribution < -0.4 is 0 Å². The molecule has 0 aliphatic rings. The number of hydrogen-bond acceptors (Lipinski definition) is 1. The molecule has 0 unspecified atom stereocenters. The van der Waals surface area contributed by atoms with Gasteiger partial charge in [-0.3, -0.25) is 4.79 Å². The molecule has 2 nitrogen and oxygen atoms in total. The first-order valence-corrected chi connectivity index (χ1v) is 5.74. The van der Waals surface area contributed by atoms with E-state index in [1.54, 1.807) is 18.9 Å². The van der Waals surface area contributed by atoms with E-state index in [9.17, 15) is 4.79 Å². The molecule has 0 aliphatic heterocycles. The molecule has 0 fully saturated rings. The van der Waals surface area contributed by atoms with E-state index in [0.29, 0.717) is 6.54 Å². The van der Waals surface area contributed by atoms with E-state index in [1.165, 1.54) is 0 Å². The van der Waals surface area contributed by atoms with Crippen molar-refractivity contribution >= 4 is 37.8 Å². The SMILES string of the molecule is CC(=O)N(C)Cc1cc(Br)cc(Br)c1. The predicted molar refractivity (Wildman–Crippen MR) is 64.0 cm³/mol. The van der Waals surface area contributed by atoms with Gasteiger partial charge in [0.05, 0.1) is 0 Å². The van der Waals surface area contributed by atoms with Gasteiger partial charge in [0.2, 0.25) is 5.91 Å². The van der Waals surface area contributed by atoms with Crippen molar-refractivity contribution < 1.29 is 4.79 Å². The number of carbonyl (C=O) groups is 1. The van der Waals surface area contributed by atoms with Crippen LogP contribution in [0.15, 0.2) is 27.1 Å². The largest absolute Gasteiger partial charge is 0.342 e. The minimum absolute atomic E-state index is 0.0705. The molecule has 0 atom stereocenters. The fourth-order valence-corrected chi connectivity index (χ4v) is 2.48. The molecule has 0 radical (unpaired) electrons. The molecule has 1 aromatic rings. The van der Waals surface area contributed by atoms with E-state index < -0.39 is 0 Å². The first-order chi connectivity index (χ1) is 6.49. The summed E-state index contributed by atoms with van der Waals surface area (Å²) in [5.74, 6) is 0.0705. The number of amides is 1. The lowest BCUT2D eigenvalue weighted by Gasteiger charge is -2.15. The maximum atomic E-state index is 11.0. The van der Waals surface area contributed by atoms with E-state index >= 15 is 0 Å². The number of halogens is 2. The lowest BCUT2D eigenvalue weighted by atomic mass is 10.2. The van der Waals surface area contributed by atoms with Crippen molar-refractivity contribution in [1.82, 2.24) is 4.90 Å². The summed E-state index contributed by atoms with van der Waals surface area (Å²) >= 11 is 6.81. The zero-order valence-electron chi connectivity index (χ0n) is 8.05. The van der Waals surface area contributed by atoms with Gasteiger partial charge in [0.25, 0.3) is 0 Å². The molecule has 1 amide bonds. The van der Waals surface area contributed by atoms with Crippen molar-refractivity contribution in [2.24, 2.45) is 0 Å². The van der Waals surface area contributed by atoms with Crippen molar-refractivity contribution in [3.05, 3.63) is 32.7 Å². The lowest BCUT2D eigenvalue weighted by Crippen LogP contribution is -2.22. The van der Waals surface area contributed by atoms with Crippen molar-refractivity contribution in [1.29, 1.82) is 0 Å². The predicted octanol–water partition coefficient (Wildman–Crippen LogP) is 3.19. The number of rotatable bonds is 2. The van der Waals surface area contributed by atoms with Gasteiger partial charge in [0.15, 0.2) is 0 Å². The Morgan fingerprint density at radius 2 is 1.79 bits per heavy atom. The van der Waals surface area contributed by atoms with Crippen LogP contribution >= 0.6 is 31.9 Å². The number of nitrogens with zero attached hydrogens (tertiary/aromatic N) is 1. The lowest BCUT2D eigenvalue weighted by molar-refractivity contribution is -0.128. The van der Waals surface area contributed by atoms with Gasteiger partial charge < -0.3 is 4.90 Å². The second-order valence-corrected chi connectivity index (χ2v) is 4.98. The summed E-state index contributed by atoms with van der Waals surface area (Å²) in [7, 11) is 1.79. The molecule has 0 aromatic heterocycles. The minimum atomic E-state index is 0.0705. The molecule has 0 spiro atoms. The number of hydrogen-bond donors (Lipinski definition) is 0. The Balaban J connectivity index is 2.81. The van der Waals surface area contributed by atoms with E-state index in [4.69, 9.17) is 0 Å². The summed E-state index contributed by atoms with van der Waals surface area (Å²) < 4.78 is 2.03. The van der Waals surface area contributed by atoms with E-state index in [2.05, 4.69) is 31.9 Å². The topological polar surface area (TPSA) is 20.3 Å². The van der Waals surface area contributed by atoms with Gasteiger partial charge in [-0.05, 0) is 23.8 Å². The van der Waals surface area contributed by atoms with Crippen LogP contribution in [0.3, 0.4) is 0 Å². The van der Waals surface area contributed by atoms with Gasteiger partial charge in [-0.25, -0.2) is 0 Å². The third kappa shape index (κ3) is 3.42. The fraction of sp³-hybridized carbons (Fsp3) is 0.300. The molecule has 1 aromatic carbocycles. The van der Waals surface area contributed by atoms with Crippen LogP contribution in [0.2, 0.25) is 0 Å². The minimum Gasteiger partial charge on any atom is -0.342 e. The highest BCUT2D eigenvalue weighted by atomic mass is 79.9. The zero-order chi connectivity index (χ0) is 10.7. The standard InChI is InChI=1S/C10H11Br2NO/c1-7(14)13(2)6-8-3-9(11)5-10(12)4-8/h3-5H,6H2,1-2H3. The molecule has 0 bridgehead atoms. The molecule has 1 rings (SSSR count). The molecule has 14 heavy (non-hydrogen) atoms. The Labute approximate surface area is 101 Å². The highest BCUT2D eigenvalue weighted by Crippen LogP contribution is 2.20. The van der Waals surface area contributed by atoms with Crippen LogP contribution in [0.5, 0.6) is 0 Å². The smallest absolute Gasteiger partial charge is 0.219 e. The summed E-state index contributed by atoms with van der Waals surface area (Å²) in [5.41, 5.74) is 1.10. The van der Waals surface area contributed by atoms with Crippen molar-refractivity contribution in [3.63, 3.8) is 0 Å². The van der Waals surface area contributed by atoms with Gasteiger partial charge in [-0.15, -0.1) is 0 Å². The Hall–Kier alpha value is -0.350. The Morgan fingerprint density at radius 1 is 1.29 bits per heavy atom. The molecule has 4 heteroatoms. The molecular weight excluding hydrogens is 310 g/mol. The summed E-state index contributed by atoms with van der Waals surface area (Å²) in [6.07, 6.45) is 0. The quantitative estimate of drug-likeness (QED) is 0.819. The summed E-state index contributed by atoms with van der Waals surface area (Å²) in [6, 6.07) is 5.98. The normalized spacial score (nSPS) is 10.0. The molecule has 0 saturated heterocycles. The van der Waals surface area contributed by atoms with Crippen molar-refractivity contribution in [3.8, 4) is 0 Å². The van der Waals surface area contributed by atoms with Crippen LogP contribution in [-0.2, 0) is 11.3 Å². The summed E-state index contributed by atoms with van der Waals surface area (Å²) in [4.78, 5) is 12.7. The highest BCUT2D eigenvalue weighted by molar-refractivity contribution is 9.11. The summed E-state index contributed by atoms with van der Waals surface area (Å²) in [5, 5.41) is 0. The maximum Gasteiger partial charge on any atom is 0.219 e. The average Bonchev–Trinajstić information content (AvgIpc) is 2.01. The van der Waals surface area contributed by atoms with Gasteiger partial charge in [-0.2, -0.15) is 0 Å². The number of benzene rings is 1. The third-order valence-electron chi connectivity index (χ3n) is 1.88. The number of carbonyl (C=O) groups excluding carboxylic acids is 1. The van der Waals surface area contributed by atoms with Crippen LogP contribution in [0.1, 0.15) is 12.5 Å². The van der Waals surface area contributed by atoms with Crippen molar-refractivity contribution in [2.75, 3.05) is 7.05 Å². The van der Waals surface area contributed by atoms with Crippen LogP contribution in [0.4, 0.5) is 0 Å². The van der Waals surface area contributed by atoms with E-state index in [1.807, 2.05) is 18.2 Å². The van der Waals surface area contributed by atoms with Crippen LogP contribution in [-0.4, -0.2) is 17.9 Å². The third-order valence-corrected chi connectivity index (χ3v) is 2.80. The Morgan fingerprint density at radius 3 is 2.21 bits per heavy atom. The van der Waals surface area contributed by atoms with E-state index in [0.717, 1.165) is 14.5 Å². The molecule has 0 N–H and O–H groups in total. The summed E-state index contributed by atoms with van der Waals surface area (Å²) in [6.45, 7) is 2.19. The average molecular weight is 321 g/mol. The molecule has 0 aliphatic carbocycles. The zero-order valence-corrected chi connectivity index (χ0v) is 11.2. The van der Waals surface area contributed by atoms with Crippen LogP contribution in [0.25, 0.3) is 0 Å². The second kappa shape index (κ2) is 4.94. The fourth-order valence-electron chi connectivity index (χ4n) is 1.09. The van der Waals surface area contributed by atoms with Crippen LogP contribution in [0, 0.1) is 0 Å². The molecule has 0 heterocycles. The maximum absolute atomic E-state index is 11.0. The molecule has 76 valence electrons.